The average molecular weight is 233 g/mol. The van der Waals surface area contributed by atoms with E-state index in [1.807, 2.05) is 6.07 Å². The fraction of sp³-hybridized carbons (Fsp3) is 0.111. The minimum absolute atomic E-state index is 0.279. The predicted octanol–water partition coefficient (Wildman–Crippen LogP) is 0.526. The Morgan fingerprint density at radius 2 is 2.44 bits per heavy atom. The van der Waals surface area contributed by atoms with Crippen molar-refractivity contribution in [3.05, 3.63) is 34.4 Å². The molecule has 0 radical (unpaired) electrons. The molecule has 0 saturated heterocycles. The molecule has 0 spiro atoms. The molecular formula is C9H7N5OS. The van der Waals surface area contributed by atoms with Gasteiger partial charge in [0.1, 0.15) is 5.03 Å². The molecule has 0 atom stereocenters. The molecule has 2 aromatic rings. The number of H-pyrrole nitrogens is 1. The van der Waals surface area contributed by atoms with Gasteiger partial charge in [0.05, 0.1) is 11.6 Å². The molecule has 0 fully saturated rings. The summed E-state index contributed by atoms with van der Waals surface area (Å²) in [6.45, 7) is 0. The Morgan fingerprint density at radius 3 is 3.06 bits per heavy atom. The standard InChI is InChI=1S/C9H7N5OS/c1-14-8(15)12-13-9(14)16-7-4-6(5-10)2-3-11-7/h2-4H,1H3,(H,12,15). The predicted molar refractivity (Wildman–Crippen MR) is 56.9 cm³/mol. The Kier molecular flexibility index (Phi) is 2.74. The van der Waals surface area contributed by atoms with Crippen LogP contribution in [0.1, 0.15) is 5.56 Å². The second-order valence-corrected chi connectivity index (χ2v) is 3.95. The monoisotopic (exact) mass is 233 g/mol. The van der Waals surface area contributed by atoms with Crippen LogP contribution in [0.4, 0.5) is 0 Å². The van der Waals surface area contributed by atoms with Crippen LogP contribution >= 0.6 is 11.8 Å². The van der Waals surface area contributed by atoms with Crippen molar-refractivity contribution >= 4 is 11.8 Å². The number of hydrogen-bond donors (Lipinski definition) is 1. The Hall–Kier alpha value is -2.07. The molecule has 1 N–H and O–H groups in total. The number of nitrogens with one attached hydrogen (secondary N) is 1. The molecule has 7 heteroatoms. The largest absolute Gasteiger partial charge is 0.343 e. The molecule has 0 aliphatic carbocycles. The van der Waals surface area contributed by atoms with E-state index in [9.17, 15) is 4.79 Å². The maximum absolute atomic E-state index is 11.1. The molecular weight excluding hydrogens is 226 g/mol. The third-order valence-electron chi connectivity index (χ3n) is 1.90. The van der Waals surface area contributed by atoms with Gasteiger partial charge in [-0.3, -0.25) is 4.57 Å². The summed E-state index contributed by atoms with van der Waals surface area (Å²) in [5.74, 6) is 0. The highest BCUT2D eigenvalue weighted by Crippen LogP contribution is 2.22. The fourth-order valence-corrected chi connectivity index (χ4v) is 1.85. The van der Waals surface area contributed by atoms with E-state index < -0.39 is 0 Å². The van der Waals surface area contributed by atoms with Crippen LogP contribution in [0, 0.1) is 11.3 Å². The van der Waals surface area contributed by atoms with Crippen LogP contribution < -0.4 is 5.69 Å². The zero-order valence-electron chi connectivity index (χ0n) is 8.34. The molecule has 2 rings (SSSR count). The van der Waals surface area contributed by atoms with E-state index in [-0.39, 0.29) is 5.69 Å². The number of nitriles is 1. The summed E-state index contributed by atoms with van der Waals surface area (Å²) in [6.07, 6.45) is 1.55. The third kappa shape index (κ3) is 1.97. The molecule has 0 aliphatic rings. The van der Waals surface area contributed by atoms with E-state index in [1.165, 1.54) is 16.3 Å². The average Bonchev–Trinajstić information content (AvgIpc) is 2.61. The van der Waals surface area contributed by atoms with E-state index in [1.54, 1.807) is 25.4 Å². The van der Waals surface area contributed by atoms with Crippen LogP contribution in [0.25, 0.3) is 0 Å². The highest BCUT2D eigenvalue weighted by Gasteiger charge is 2.07. The molecule has 0 amide bonds. The molecule has 0 aromatic carbocycles. The summed E-state index contributed by atoms with van der Waals surface area (Å²) in [6, 6.07) is 5.28. The van der Waals surface area contributed by atoms with Gasteiger partial charge in [-0.1, -0.05) is 0 Å². The highest BCUT2D eigenvalue weighted by molar-refractivity contribution is 7.99. The summed E-state index contributed by atoms with van der Waals surface area (Å²) in [4.78, 5) is 15.2. The zero-order valence-corrected chi connectivity index (χ0v) is 9.15. The van der Waals surface area contributed by atoms with Gasteiger partial charge >= 0.3 is 5.69 Å². The van der Waals surface area contributed by atoms with Crippen molar-refractivity contribution in [3.8, 4) is 6.07 Å². The lowest BCUT2D eigenvalue weighted by atomic mass is 10.3. The second-order valence-electron chi connectivity index (χ2n) is 2.97. The van der Waals surface area contributed by atoms with Crippen LogP contribution in [0.5, 0.6) is 0 Å². The minimum Gasteiger partial charge on any atom is -0.273 e. The maximum Gasteiger partial charge on any atom is 0.343 e. The number of rotatable bonds is 2. The molecule has 6 nitrogen and oxygen atoms in total. The Morgan fingerprint density at radius 1 is 1.62 bits per heavy atom. The van der Waals surface area contributed by atoms with Crippen molar-refractivity contribution in [1.29, 1.82) is 5.26 Å². The summed E-state index contributed by atoms with van der Waals surface area (Å²) < 4.78 is 1.38. The maximum atomic E-state index is 11.1. The quantitative estimate of drug-likeness (QED) is 0.817. The van der Waals surface area contributed by atoms with Gasteiger partial charge in [-0.25, -0.2) is 14.9 Å². The van der Waals surface area contributed by atoms with Gasteiger partial charge in [0.2, 0.25) is 0 Å². The van der Waals surface area contributed by atoms with Gasteiger partial charge in [-0.15, -0.1) is 5.10 Å². The van der Waals surface area contributed by atoms with Crippen molar-refractivity contribution in [2.45, 2.75) is 10.2 Å². The Bertz CT molecular complexity index is 609. The molecule has 80 valence electrons. The van der Waals surface area contributed by atoms with Crippen molar-refractivity contribution in [1.82, 2.24) is 19.7 Å². The number of pyridine rings is 1. The Balaban J connectivity index is 2.31. The van der Waals surface area contributed by atoms with E-state index >= 15 is 0 Å². The van der Waals surface area contributed by atoms with E-state index in [2.05, 4.69) is 15.2 Å². The van der Waals surface area contributed by atoms with E-state index in [4.69, 9.17) is 5.26 Å². The number of nitrogens with zero attached hydrogens (tertiary/aromatic N) is 4. The zero-order chi connectivity index (χ0) is 11.5. The van der Waals surface area contributed by atoms with Crippen molar-refractivity contribution in [2.24, 2.45) is 7.05 Å². The van der Waals surface area contributed by atoms with Crippen molar-refractivity contribution < 1.29 is 0 Å². The molecule has 0 bridgehead atoms. The van der Waals surface area contributed by atoms with Crippen LogP contribution in [0.15, 0.2) is 33.3 Å². The lowest BCUT2D eigenvalue weighted by Gasteiger charge is -1.98. The molecule has 2 heterocycles. The van der Waals surface area contributed by atoms with Crippen LogP contribution in [-0.4, -0.2) is 19.7 Å². The summed E-state index contributed by atoms with van der Waals surface area (Å²) in [5.41, 5.74) is 0.247. The number of aromatic amines is 1. The second kappa shape index (κ2) is 4.20. The lowest BCUT2D eigenvalue weighted by molar-refractivity contribution is 0.764. The summed E-state index contributed by atoms with van der Waals surface area (Å²) in [7, 11) is 1.61. The van der Waals surface area contributed by atoms with Crippen molar-refractivity contribution in [3.63, 3.8) is 0 Å². The first-order valence-corrected chi connectivity index (χ1v) is 5.18. The first-order chi connectivity index (χ1) is 7.70. The minimum atomic E-state index is -0.279. The van der Waals surface area contributed by atoms with Crippen LogP contribution in [0.3, 0.4) is 0 Å². The van der Waals surface area contributed by atoms with Gasteiger partial charge in [-0.05, 0) is 23.9 Å². The van der Waals surface area contributed by atoms with Gasteiger partial charge < -0.3 is 0 Å². The van der Waals surface area contributed by atoms with Crippen LogP contribution in [0.2, 0.25) is 0 Å². The first kappa shape index (κ1) is 10.4. The Labute approximate surface area is 94.9 Å². The molecule has 0 unspecified atom stereocenters. The first-order valence-electron chi connectivity index (χ1n) is 4.36. The SMILES string of the molecule is Cn1c(Sc2cc(C#N)ccn2)n[nH]c1=O. The smallest absolute Gasteiger partial charge is 0.273 e. The van der Waals surface area contributed by atoms with Crippen molar-refractivity contribution in [2.75, 3.05) is 0 Å². The highest BCUT2D eigenvalue weighted by atomic mass is 32.2. The number of aromatic nitrogens is 4. The lowest BCUT2D eigenvalue weighted by Crippen LogP contribution is -2.12. The fourth-order valence-electron chi connectivity index (χ4n) is 1.05. The molecule has 2 aromatic heterocycles. The molecule has 0 saturated carbocycles. The normalized spacial score (nSPS) is 10.0. The van der Waals surface area contributed by atoms with Gasteiger partial charge in [0, 0.05) is 13.2 Å². The topological polar surface area (TPSA) is 87.4 Å². The van der Waals surface area contributed by atoms with E-state index in [0.717, 1.165) is 0 Å². The summed E-state index contributed by atoms with van der Waals surface area (Å²) in [5, 5.41) is 16.0. The summed E-state index contributed by atoms with van der Waals surface area (Å²) >= 11 is 1.22. The molecule has 16 heavy (non-hydrogen) atoms. The van der Waals surface area contributed by atoms with Crippen LogP contribution in [-0.2, 0) is 7.05 Å². The third-order valence-corrected chi connectivity index (χ3v) is 2.88. The number of hydrogen-bond acceptors (Lipinski definition) is 5. The van der Waals surface area contributed by atoms with Gasteiger partial charge in [0.15, 0.2) is 5.16 Å². The van der Waals surface area contributed by atoms with E-state index in [0.29, 0.717) is 15.7 Å². The van der Waals surface area contributed by atoms with Gasteiger partial charge in [-0.2, -0.15) is 5.26 Å². The molecule has 0 aliphatic heterocycles. The van der Waals surface area contributed by atoms with Gasteiger partial charge in [0.25, 0.3) is 0 Å².